The fraction of sp³-hybridized carbons (Fsp3) is 0.273. The number of carboxylic acid groups (broad SMARTS) is 1. The summed E-state index contributed by atoms with van der Waals surface area (Å²) in [4.78, 5) is 15.1. The van der Waals surface area contributed by atoms with Crippen LogP contribution < -0.4 is 11.1 Å². The van der Waals surface area contributed by atoms with Gasteiger partial charge >= 0.3 is 5.97 Å². The number of carboxylic acids is 1. The molecule has 5 N–H and O–H groups in total. The number of amidine groups is 1. The quantitative estimate of drug-likeness (QED) is 0.525. The van der Waals surface area contributed by atoms with E-state index in [9.17, 15) is 9.90 Å². The maximum Gasteiger partial charge on any atom is 0.337 e. The molecule has 0 radical (unpaired) electrons. The molecule has 1 unspecified atom stereocenters. The summed E-state index contributed by atoms with van der Waals surface area (Å²) in [7, 11) is 0. The lowest BCUT2D eigenvalue weighted by Gasteiger charge is -2.20. The number of rotatable bonds is 2. The van der Waals surface area contributed by atoms with Crippen LogP contribution in [0.5, 0.6) is 0 Å². The number of hydrogen-bond donors (Lipinski definition) is 4. The van der Waals surface area contributed by atoms with Gasteiger partial charge in [0.25, 0.3) is 0 Å². The molecule has 6 heteroatoms. The van der Waals surface area contributed by atoms with Gasteiger partial charge in [-0.05, 0) is 12.1 Å². The lowest BCUT2D eigenvalue weighted by atomic mass is 10.1. The number of aliphatic hydroxyl groups excluding tert-OH is 1. The molecule has 2 rings (SSSR count). The number of hydrogen-bond acceptors (Lipinski definition) is 5. The van der Waals surface area contributed by atoms with Gasteiger partial charge in [-0.2, -0.15) is 0 Å². The van der Waals surface area contributed by atoms with Crippen LogP contribution in [0.25, 0.3) is 0 Å². The normalized spacial score (nSPS) is 19.4. The molecule has 1 aromatic carbocycles. The third kappa shape index (κ3) is 2.21. The number of benzene rings is 1. The molecule has 1 aliphatic heterocycles. The molecule has 1 heterocycles. The van der Waals surface area contributed by atoms with Crippen molar-refractivity contribution in [1.82, 2.24) is 5.32 Å². The lowest BCUT2D eigenvalue weighted by Crippen LogP contribution is -2.39. The number of β-amino-alcohol motifs (C(OH)–C–C–N with tert-alkyl or cyclic N) is 1. The van der Waals surface area contributed by atoms with Gasteiger partial charge in [-0.25, -0.2) is 4.79 Å². The second-order valence-corrected chi connectivity index (χ2v) is 3.80. The van der Waals surface area contributed by atoms with Crippen LogP contribution in [-0.2, 0) is 0 Å². The predicted molar refractivity (Wildman–Crippen MR) is 63.2 cm³/mol. The number of carbonyl (C=O) groups is 1. The van der Waals surface area contributed by atoms with Gasteiger partial charge in [0, 0.05) is 12.1 Å². The van der Waals surface area contributed by atoms with Crippen LogP contribution in [-0.4, -0.2) is 41.2 Å². The highest BCUT2D eigenvalue weighted by Crippen LogP contribution is 2.18. The number of aromatic carboxylic acids is 1. The van der Waals surface area contributed by atoms with E-state index in [-0.39, 0.29) is 11.3 Å². The second kappa shape index (κ2) is 4.42. The Morgan fingerprint density at radius 2 is 2.29 bits per heavy atom. The number of nitrogens with two attached hydrogens (primary N) is 1. The maximum absolute atomic E-state index is 10.9. The molecule has 0 amide bonds. The van der Waals surface area contributed by atoms with Gasteiger partial charge in [-0.3, -0.25) is 4.99 Å². The standard InChI is InChI=1S/C11H13N3O3/c12-9-7(2-1-3-8(9)11(16)17)10-13-4-6(15)5-14-10/h1-3,6,15H,4-5,12H2,(H,13,14)(H,16,17). The molecule has 6 nitrogen and oxygen atoms in total. The number of nitrogens with one attached hydrogen (secondary N) is 1. The molecule has 0 spiro atoms. The Morgan fingerprint density at radius 3 is 2.88 bits per heavy atom. The third-order valence-electron chi connectivity index (χ3n) is 2.56. The number of aliphatic imine (C=N–C) groups is 1. The van der Waals surface area contributed by atoms with Crippen LogP contribution in [0.2, 0.25) is 0 Å². The zero-order valence-electron chi connectivity index (χ0n) is 9.05. The van der Waals surface area contributed by atoms with Crippen molar-refractivity contribution in [3.63, 3.8) is 0 Å². The van der Waals surface area contributed by atoms with E-state index in [0.717, 1.165) is 0 Å². The first kappa shape index (κ1) is 11.4. The van der Waals surface area contributed by atoms with Crippen LogP contribution in [0, 0.1) is 0 Å². The molecule has 90 valence electrons. The van der Waals surface area contributed by atoms with Crippen molar-refractivity contribution < 1.29 is 15.0 Å². The summed E-state index contributed by atoms with van der Waals surface area (Å²) in [6, 6.07) is 4.76. The molecule has 1 aliphatic rings. The summed E-state index contributed by atoms with van der Waals surface area (Å²) >= 11 is 0. The van der Waals surface area contributed by atoms with E-state index in [0.29, 0.717) is 24.5 Å². The van der Waals surface area contributed by atoms with Crippen LogP contribution in [0.15, 0.2) is 23.2 Å². The Balaban J connectivity index is 2.40. The van der Waals surface area contributed by atoms with Crippen molar-refractivity contribution in [1.29, 1.82) is 0 Å². The number of aliphatic hydroxyl groups is 1. The zero-order valence-corrected chi connectivity index (χ0v) is 9.05. The highest BCUT2D eigenvalue weighted by molar-refractivity contribution is 6.07. The average molecular weight is 235 g/mol. The highest BCUT2D eigenvalue weighted by atomic mass is 16.4. The van der Waals surface area contributed by atoms with Gasteiger partial charge in [0.05, 0.1) is 23.9 Å². The van der Waals surface area contributed by atoms with Gasteiger partial charge in [0.1, 0.15) is 5.84 Å². The topological polar surface area (TPSA) is 108 Å². The Kier molecular flexibility index (Phi) is 2.97. The monoisotopic (exact) mass is 235 g/mol. The van der Waals surface area contributed by atoms with Crippen molar-refractivity contribution in [3.8, 4) is 0 Å². The number of para-hydroxylation sites is 1. The van der Waals surface area contributed by atoms with Gasteiger partial charge in [-0.1, -0.05) is 6.07 Å². The van der Waals surface area contributed by atoms with Crippen LogP contribution in [0.3, 0.4) is 0 Å². The smallest absolute Gasteiger partial charge is 0.337 e. The lowest BCUT2D eigenvalue weighted by molar-refractivity contribution is 0.0698. The minimum Gasteiger partial charge on any atom is -0.478 e. The Bertz CT molecular complexity index is 485. The SMILES string of the molecule is Nc1c(C(=O)O)cccc1C1=NCC(O)CN1. The molecule has 0 bridgehead atoms. The minimum atomic E-state index is -1.07. The summed E-state index contributed by atoms with van der Waals surface area (Å²) in [5, 5.41) is 21.2. The van der Waals surface area contributed by atoms with Gasteiger partial charge in [-0.15, -0.1) is 0 Å². The van der Waals surface area contributed by atoms with Crippen molar-refractivity contribution in [2.45, 2.75) is 6.10 Å². The zero-order chi connectivity index (χ0) is 12.4. The van der Waals surface area contributed by atoms with E-state index < -0.39 is 12.1 Å². The fourth-order valence-corrected chi connectivity index (χ4v) is 1.67. The van der Waals surface area contributed by atoms with E-state index in [1.165, 1.54) is 6.07 Å². The minimum absolute atomic E-state index is 0.0538. The van der Waals surface area contributed by atoms with Gasteiger partial charge < -0.3 is 21.3 Å². The van der Waals surface area contributed by atoms with E-state index in [2.05, 4.69) is 10.3 Å². The third-order valence-corrected chi connectivity index (χ3v) is 2.56. The molecular formula is C11H13N3O3. The largest absolute Gasteiger partial charge is 0.478 e. The number of nitrogen functional groups attached to an aromatic ring is 1. The molecule has 17 heavy (non-hydrogen) atoms. The summed E-state index contributed by atoms with van der Waals surface area (Å²) in [6.07, 6.45) is -0.511. The first-order chi connectivity index (χ1) is 8.09. The van der Waals surface area contributed by atoms with E-state index in [1.54, 1.807) is 12.1 Å². The Labute approximate surface area is 97.8 Å². The Hall–Kier alpha value is -2.08. The molecule has 0 fully saturated rings. The van der Waals surface area contributed by atoms with Crippen molar-refractivity contribution in [3.05, 3.63) is 29.3 Å². The average Bonchev–Trinajstić information content (AvgIpc) is 2.30. The van der Waals surface area contributed by atoms with Crippen molar-refractivity contribution >= 4 is 17.5 Å². The molecule has 1 aromatic rings. The predicted octanol–water partition coefficient (Wildman–Crippen LogP) is -0.322. The van der Waals surface area contributed by atoms with E-state index >= 15 is 0 Å². The van der Waals surface area contributed by atoms with Crippen molar-refractivity contribution in [2.75, 3.05) is 18.8 Å². The fourth-order valence-electron chi connectivity index (χ4n) is 1.67. The first-order valence-corrected chi connectivity index (χ1v) is 5.18. The van der Waals surface area contributed by atoms with Gasteiger partial charge in [0.15, 0.2) is 0 Å². The molecule has 0 saturated carbocycles. The Morgan fingerprint density at radius 1 is 1.53 bits per heavy atom. The van der Waals surface area contributed by atoms with Crippen LogP contribution in [0.4, 0.5) is 5.69 Å². The molecule has 0 aliphatic carbocycles. The second-order valence-electron chi connectivity index (χ2n) is 3.80. The van der Waals surface area contributed by atoms with Crippen LogP contribution >= 0.6 is 0 Å². The van der Waals surface area contributed by atoms with E-state index in [1.807, 2.05) is 0 Å². The molecule has 1 atom stereocenters. The first-order valence-electron chi connectivity index (χ1n) is 5.18. The molecule has 0 aromatic heterocycles. The summed E-state index contributed by atoms with van der Waals surface area (Å²) < 4.78 is 0. The summed E-state index contributed by atoms with van der Waals surface area (Å²) in [5.41, 5.74) is 6.57. The summed E-state index contributed by atoms with van der Waals surface area (Å²) in [5.74, 6) is -0.545. The summed E-state index contributed by atoms with van der Waals surface area (Å²) in [6.45, 7) is 0.675. The molecule has 0 saturated heterocycles. The van der Waals surface area contributed by atoms with E-state index in [4.69, 9.17) is 10.8 Å². The maximum atomic E-state index is 10.9. The highest BCUT2D eigenvalue weighted by Gasteiger charge is 2.18. The molecular weight excluding hydrogens is 222 g/mol. The van der Waals surface area contributed by atoms with Crippen LogP contribution in [0.1, 0.15) is 15.9 Å². The van der Waals surface area contributed by atoms with Gasteiger partial charge in [0.2, 0.25) is 0 Å². The number of anilines is 1. The number of nitrogens with zero attached hydrogens (tertiary/aromatic N) is 1. The van der Waals surface area contributed by atoms with Crippen molar-refractivity contribution in [2.24, 2.45) is 4.99 Å².